The number of benzene rings is 1. The quantitative estimate of drug-likeness (QED) is 0.895. The van der Waals surface area contributed by atoms with Crippen LogP contribution < -0.4 is 10.6 Å². The van der Waals surface area contributed by atoms with Gasteiger partial charge in [-0.25, -0.2) is 8.78 Å². The fourth-order valence-corrected chi connectivity index (χ4v) is 2.54. The zero-order valence-corrected chi connectivity index (χ0v) is 11.8. The molecular formula is C15H20F2N2O. The van der Waals surface area contributed by atoms with Crippen LogP contribution in [0.3, 0.4) is 0 Å². The predicted octanol–water partition coefficient (Wildman–Crippen LogP) is 2.67. The van der Waals surface area contributed by atoms with Gasteiger partial charge in [-0.05, 0) is 45.7 Å². The minimum atomic E-state index is -0.639. The van der Waals surface area contributed by atoms with Gasteiger partial charge in [0.2, 0.25) is 5.91 Å². The molecule has 3 nitrogen and oxygen atoms in total. The van der Waals surface area contributed by atoms with E-state index in [-0.39, 0.29) is 5.91 Å². The third-order valence-corrected chi connectivity index (χ3v) is 3.90. The van der Waals surface area contributed by atoms with Gasteiger partial charge in [-0.2, -0.15) is 0 Å². The maximum absolute atomic E-state index is 13.7. The fourth-order valence-electron chi connectivity index (χ4n) is 2.54. The lowest BCUT2D eigenvalue weighted by atomic mass is 9.89. The van der Waals surface area contributed by atoms with Crippen LogP contribution in [-0.4, -0.2) is 18.0 Å². The van der Waals surface area contributed by atoms with E-state index < -0.39 is 23.2 Å². The van der Waals surface area contributed by atoms with E-state index in [0.29, 0.717) is 5.56 Å². The van der Waals surface area contributed by atoms with Crippen molar-refractivity contribution in [2.75, 3.05) is 6.54 Å². The lowest BCUT2D eigenvalue weighted by Crippen LogP contribution is -2.57. The summed E-state index contributed by atoms with van der Waals surface area (Å²) in [4.78, 5) is 12.3. The summed E-state index contributed by atoms with van der Waals surface area (Å²) in [6.07, 6.45) is 2.82. The van der Waals surface area contributed by atoms with Gasteiger partial charge in [0, 0.05) is 11.6 Å². The number of carbonyl (C=O) groups excluding carboxylic acids is 1. The van der Waals surface area contributed by atoms with Gasteiger partial charge in [-0.1, -0.05) is 6.07 Å². The standard InChI is InChI=1S/C15H20F2N2O/c1-10(12-6-5-11(16)9-13(12)17)19-14(20)15(2)7-3-4-8-18-15/h5-6,9-10,18H,3-4,7-8H2,1-2H3,(H,19,20). The molecule has 1 aliphatic rings. The molecule has 1 heterocycles. The highest BCUT2D eigenvalue weighted by Crippen LogP contribution is 2.22. The summed E-state index contributed by atoms with van der Waals surface area (Å²) in [5.41, 5.74) is -0.317. The van der Waals surface area contributed by atoms with Gasteiger partial charge in [-0.3, -0.25) is 4.79 Å². The maximum Gasteiger partial charge on any atom is 0.240 e. The zero-order chi connectivity index (χ0) is 14.8. The molecular weight excluding hydrogens is 262 g/mol. The van der Waals surface area contributed by atoms with Crippen molar-refractivity contribution in [1.82, 2.24) is 10.6 Å². The highest BCUT2D eigenvalue weighted by Gasteiger charge is 2.35. The molecule has 0 aromatic heterocycles. The van der Waals surface area contributed by atoms with Gasteiger partial charge in [0.15, 0.2) is 0 Å². The molecule has 2 N–H and O–H groups in total. The molecule has 2 atom stereocenters. The van der Waals surface area contributed by atoms with Crippen LogP contribution in [0.4, 0.5) is 8.78 Å². The molecule has 0 radical (unpaired) electrons. The monoisotopic (exact) mass is 282 g/mol. The Kier molecular flexibility index (Phi) is 4.38. The Morgan fingerprint density at radius 3 is 2.75 bits per heavy atom. The minimum absolute atomic E-state index is 0.145. The molecule has 1 saturated heterocycles. The van der Waals surface area contributed by atoms with Gasteiger partial charge in [0.05, 0.1) is 11.6 Å². The topological polar surface area (TPSA) is 41.1 Å². The number of hydrogen-bond acceptors (Lipinski definition) is 2. The SMILES string of the molecule is CC(NC(=O)C1(C)CCCCN1)c1ccc(F)cc1F. The zero-order valence-electron chi connectivity index (χ0n) is 11.8. The van der Waals surface area contributed by atoms with Crippen LogP contribution in [0.1, 0.15) is 44.7 Å². The highest BCUT2D eigenvalue weighted by molar-refractivity contribution is 5.86. The van der Waals surface area contributed by atoms with Crippen LogP contribution >= 0.6 is 0 Å². The smallest absolute Gasteiger partial charge is 0.240 e. The van der Waals surface area contributed by atoms with Gasteiger partial charge >= 0.3 is 0 Å². The molecule has 1 aromatic carbocycles. The lowest BCUT2D eigenvalue weighted by Gasteiger charge is -2.34. The lowest BCUT2D eigenvalue weighted by molar-refractivity contribution is -0.128. The Morgan fingerprint density at radius 1 is 1.40 bits per heavy atom. The molecule has 2 rings (SSSR count). The normalized spacial score (nSPS) is 24.2. The van der Waals surface area contributed by atoms with Crippen molar-refractivity contribution in [3.63, 3.8) is 0 Å². The molecule has 1 aromatic rings. The molecule has 0 aliphatic carbocycles. The Bertz CT molecular complexity index is 499. The van der Waals surface area contributed by atoms with Crippen LogP contribution in [0.25, 0.3) is 0 Å². The number of halogens is 2. The second-order valence-electron chi connectivity index (χ2n) is 5.58. The van der Waals surface area contributed by atoms with Crippen molar-refractivity contribution < 1.29 is 13.6 Å². The molecule has 1 amide bonds. The third-order valence-electron chi connectivity index (χ3n) is 3.90. The van der Waals surface area contributed by atoms with E-state index in [0.717, 1.165) is 31.9 Å². The Labute approximate surface area is 117 Å². The second-order valence-corrected chi connectivity index (χ2v) is 5.58. The number of nitrogens with one attached hydrogen (secondary N) is 2. The van der Waals surface area contributed by atoms with Crippen molar-refractivity contribution >= 4 is 5.91 Å². The van der Waals surface area contributed by atoms with Gasteiger partial charge in [0.1, 0.15) is 11.6 Å². The molecule has 0 spiro atoms. The summed E-state index contributed by atoms with van der Waals surface area (Å²) >= 11 is 0. The number of amides is 1. The average molecular weight is 282 g/mol. The molecule has 1 aliphatic heterocycles. The van der Waals surface area contributed by atoms with Crippen LogP contribution in [0, 0.1) is 11.6 Å². The van der Waals surface area contributed by atoms with E-state index in [1.165, 1.54) is 12.1 Å². The van der Waals surface area contributed by atoms with E-state index >= 15 is 0 Å². The first-order chi connectivity index (χ1) is 9.42. The summed E-state index contributed by atoms with van der Waals surface area (Å²) in [5.74, 6) is -1.40. The van der Waals surface area contributed by atoms with E-state index in [1.54, 1.807) is 6.92 Å². The van der Waals surface area contributed by atoms with Crippen molar-refractivity contribution in [3.05, 3.63) is 35.4 Å². The maximum atomic E-state index is 13.7. The van der Waals surface area contributed by atoms with Crippen molar-refractivity contribution in [2.24, 2.45) is 0 Å². The van der Waals surface area contributed by atoms with Crippen molar-refractivity contribution in [3.8, 4) is 0 Å². The fraction of sp³-hybridized carbons (Fsp3) is 0.533. The minimum Gasteiger partial charge on any atom is -0.348 e. The van der Waals surface area contributed by atoms with Crippen LogP contribution in [0.2, 0.25) is 0 Å². The van der Waals surface area contributed by atoms with E-state index in [2.05, 4.69) is 10.6 Å². The summed E-state index contributed by atoms with van der Waals surface area (Å²) in [7, 11) is 0. The molecule has 0 saturated carbocycles. The predicted molar refractivity (Wildman–Crippen MR) is 73.2 cm³/mol. The number of hydrogen-bond donors (Lipinski definition) is 2. The molecule has 1 fully saturated rings. The summed E-state index contributed by atoms with van der Waals surface area (Å²) < 4.78 is 26.6. The summed E-state index contributed by atoms with van der Waals surface area (Å²) in [5, 5.41) is 6.01. The first kappa shape index (κ1) is 14.9. The van der Waals surface area contributed by atoms with Crippen LogP contribution in [0.5, 0.6) is 0 Å². The average Bonchev–Trinajstić information content (AvgIpc) is 2.39. The molecule has 5 heteroatoms. The number of rotatable bonds is 3. The van der Waals surface area contributed by atoms with E-state index in [9.17, 15) is 13.6 Å². The first-order valence-corrected chi connectivity index (χ1v) is 6.93. The first-order valence-electron chi connectivity index (χ1n) is 6.93. The van der Waals surface area contributed by atoms with Gasteiger partial charge in [0.25, 0.3) is 0 Å². The van der Waals surface area contributed by atoms with Crippen molar-refractivity contribution in [2.45, 2.75) is 44.7 Å². The Hall–Kier alpha value is -1.49. The Morgan fingerprint density at radius 2 is 2.15 bits per heavy atom. The molecule has 2 unspecified atom stereocenters. The summed E-state index contributed by atoms with van der Waals surface area (Å²) in [6, 6.07) is 2.90. The van der Waals surface area contributed by atoms with Crippen LogP contribution in [0.15, 0.2) is 18.2 Å². The molecule has 110 valence electrons. The molecule has 0 bridgehead atoms. The summed E-state index contributed by atoms with van der Waals surface area (Å²) in [6.45, 7) is 4.36. The molecule has 20 heavy (non-hydrogen) atoms. The third kappa shape index (κ3) is 3.15. The largest absolute Gasteiger partial charge is 0.348 e. The van der Waals surface area contributed by atoms with E-state index in [1.807, 2.05) is 6.92 Å². The number of carbonyl (C=O) groups is 1. The van der Waals surface area contributed by atoms with Gasteiger partial charge in [-0.15, -0.1) is 0 Å². The Balaban J connectivity index is 2.07. The van der Waals surface area contributed by atoms with E-state index in [4.69, 9.17) is 0 Å². The highest BCUT2D eigenvalue weighted by atomic mass is 19.1. The number of piperidine rings is 1. The second kappa shape index (κ2) is 5.87. The van der Waals surface area contributed by atoms with Crippen molar-refractivity contribution in [1.29, 1.82) is 0 Å². The van der Waals surface area contributed by atoms with Gasteiger partial charge < -0.3 is 10.6 Å². The van der Waals surface area contributed by atoms with Crippen LogP contribution in [-0.2, 0) is 4.79 Å².